The minimum absolute atomic E-state index is 0.0288. The highest BCUT2D eigenvalue weighted by Crippen LogP contribution is 2.32. The molecule has 0 aromatic heterocycles. The van der Waals surface area contributed by atoms with Crippen LogP contribution in [0, 0.1) is 5.92 Å². The van der Waals surface area contributed by atoms with Gasteiger partial charge in [-0.1, -0.05) is 0 Å². The Morgan fingerprint density at radius 2 is 1.67 bits per heavy atom. The zero-order valence-electron chi connectivity index (χ0n) is 7.06. The Morgan fingerprint density at radius 3 is 2.08 bits per heavy atom. The van der Waals surface area contributed by atoms with Crippen LogP contribution in [0.25, 0.3) is 0 Å². The first-order valence-electron chi connectivity index (χ1n) is 4.47. The lowest BCUT2D eigenvalue weighted by Gasteiger charge is -2.21. The van der Waals surface area contributed by atoms with Crippen LogP contribution in [0.15, 0.2) is 0 Å². The van der Waals surface area contributed by atoms with Crippen LogP contribution in [0.4, 0.5) is 8.78 Å². The van der Waals surface area contributed by atoms with Gasteiger partial charge in [-0.25, -0.2) is 8.78 Å². The Labute approximate surface area is 71.1 Å². The summed E-state index contributed by atoms with van der Waals surface area (Å²) in [6.45, 7) is 0. The maximum Gasteiger partial charge on any atom is 0.248 e. The van der Waals surface area contributed by atoms with Crippen LogP contribution >= 0.6 is 0 Å². The average molecular weight is 176 g/mol. The van der Waals surface area contributed by atoms with Crippen molar-refractivity contribution in [2.75, 3.05) is 0 Å². The molecular weight excluding hydrogens is 162 g/mol. The van der Waals surface area contributed by atoms with Crippen LogP contribution < -0.4 is 0 Å². The fraction of sp³-hybridized carbons (Fsp3) is 0.889. The van der Waals surface area contributed by atoms with Crippen molar-refractivity contribution in [1.82, 2.24) is 0 Å². The van der Waals surface area contributed by atoms with Crippen molar-refractivity contribution in [2.24, 2.45) is 5.92 Å². The van der Waals surface area contributed by atoms with Crippen molar-refractivity contribution in [1.29, 1.82) is 0 Å². The number of halogens is 2. The molecule has 3 heteroatoms. The third kappa shape index (κ3) is 2.88. The molecule has 1 aliphatic rings. The van der Waals surface area contributed by atoms with Gasteiger partial charge in [-0.15, -0.1) is 0 Å². The van der Waals surface area contributed by atoms with E-state index in [1.54, 1.807) is 0 Å². The molecule has 70 valence electrons. The standard InChI is InChI=1S/C9H14F2O/c10-9(11)5-1-3-8(7-12)4-2-6-9/h7-8H,1-6H2. The molecule has 0 bridgehead atoms. The predicted octanol–water partition coefficient (Wildman–Crippen LogP) is 2.79. The molecule has 0 aliphatic heterocycles. The van der Waals surface area contributed by atoms with Crippen molar-refractivity contribution in [3.8, 4) is 0 Å². The van der Waals surface area contributed by atoms with Crippen molar-refractivity contribution >= 4 is 6.29 Å². The lowest BCUT2D eigenvalue weighted by atomic mass is 9.90. The predicted molar refractivity (Wildman–Crippen MR) is 42.2 cm³/mol. The van der Waals surface area contributed by atoms with Gasteiger partial charge in [0, 0.05) is 18.8 Å². The quantitative estimate of drug-likeness (QED) is 0.561. The molecule has 0 radical (unpaired) electrons. The summed E-state index contributed by atoms with van der Waals surface area (Å²) in [6, 6.07) is 0. The first-order valence-corrected chi connectivity index (χ1v) is 4.47. The van der Waals surface area contributed by atoms with E-state index in [1.807, 2.05) is 0 Å². The van der Waals surface area contributed by atoms with Gasteiger partial charge in [0.05, 0.1) is 0 Å². The smallest absolute Gasteiger partial charge is 0.248 e. The van der Waals surface area contributed by atoms with Gasteiger partial charge in [0.1, 0.15) is 6.29 Å². The van der Waals surface area contributed by atoms with E-state index in [0.717, 1.165) is 6.29 Å². The van der Waals surface area contributed by atoms with Crippen LogP contribution in [0.2, 0.25) is 0 Å². The third-order valence-electron chi connectivity index (χ3n) is 2.43. The van der Waals surface area contributed by atoms with Gasteiger partial charge >= 0.3 is 0 Å². The summed E-state index contributed by atoms with van der Waals surface area (Å²) in [5.41, 5.74) is 0. The number of carbonyl (C=O) groups excluding carboxylic acids is 1. The molecular formula is C9H14F2O. The van der Waals surface area contributed by atoms with E-state index in [1.165, 1.54) is 0 Å². The van der Waals surface area contributed by atoms with Gasteiger partial charge in [-0.3, -0.25) is 0 Å². The molecule has 0 amide bonds. The van der Waals surface area contributed by atoms with Crippen LogP contribution in [-0.4, -0.2) is 12.2 Å². The molecule has 1 fully saturated rings. The summed E-state index contributed by atoms with van der Waals surface area (Å²) in [5, 5.41) is 0. The summed E-state index contributed by atoms with van der Waals surface area (Å²) in [6.07, 6.45) is 3.06. The van der Waals surface area contributed by atoms with Gasteiger partial charge in [0.15, 0.2) is 0 Å². The van der Waals surface area contributed by atoms with Gasteiger partial charge in [-0.2, -0.15) is 0 Å². The Morgan fingerprint density at radius 1 is 1.17 bits per heavy atom. The second kappa shape index (κ2) is 3.97. The van der Waals surface area contributed by atoms with E-state index in [4.69, 9.17) is 0 Å². The van der Waals surface area contributed by atoms with Crippen molar-refractivity contribution in [2.45, 2.75) is 44.4 Å². The summed E-state index contributed by atoms with van der Waals surface area (Å²) < 4.78 is 25.6. The fourth-order valence-corrected chi connectivity index (χ4v) is 1.65. The molecule has 0 unspecified atom stereocenters. The number of alkyl halides is 2. The second-order valence-corrected chi connectivity index (χ2v) is 3.54. The number of rotatable bonds is 1. The number of hydrogen-bond donors (Lipinski definition) is 0. The Bertz CT molecular complexity index is 145. The topological polar surface area (TPSA) is 17.1 Å². The van der Waals surface area contributed by atoms with E-state index in [-0.39, 0.29) is 18.8 Å². The summed E-state index contributed by atoms with van der Waals surface area (Å²) in [5.74, 6) is -2.45. The minimum Gasteiger partial charge on any atom is -0.303 e. The van der Waals surface area contributed by atoms with E-state index < -0.39 is 5.92 Å². The highest BCUT2D eigenvalue weighted by atomic mass is 19.3. The molecule has 1 aliphatic carbocycles. The lowest BCUT2D eigenvalue weighted by molar-refractivity contribution is -0.112. The lowest BCUT2D eigenvalue weighted by Crippen LogP contribution is -2.19. The molecule has 12 heavy (non-hydrogen) atoms. The highest BCUT2D eigenvalue weighted by Gasteiger charge is 2.30. The maximum atomic E-state index is 12.8. The zero-order valence-corrected chi connectivity index (χ0v) is 7.06. The molecule has 0 aromatic carbocycles. The molecule has 1 rings (SSSR count). The van der Waals surface area contributed by atoms with Crippen LogP contribution in [0.3, 0.4) is 0 Å². The molecule has 0 N–H and O–H groups in total. The van der Waals surface area contributed by atoms with E-state index in [2.05, 4.69) is 0 Å². The Kier molecular flexibility index (Phi) is 3.18. The van der Waals surface area contributed by atoms with Crippen molar-refractivity contribution < 1.29 is 13.6 Å². The van der Waals surface area contributed by atoms with Crippen molar-refractivity contribution in [3.05, 3.63) is 0 Å². The maximum absolute atomic E-state index is 12.8. The molecule has 0 atom stereocenters. The molecule has 1 nitrogen and oxygen atoms in total. The number of aldehydes is 1. The first kappa shape index (κ1) is 9.62. The van der Waals surface area contributed by atoms with Crippen LogP contribution in [0.1, 0.15) is 38.5 Å². The van der Waals surface area contributed by atoms with Gasteiger partial charge in [0.2, 0.25) is 5.92 Å². The normalized spacial score (nSPS) is 25.8. The summed E-state index contributed by atoms with van der Waals surface area (Å²) in [7, 11) is 0. The number of carbonyl (C=O) groups is 1. The molecule has 1 saturated carbocycles. The second-order valence-electron chi connectivity index (χ2n) is 3.54. The summed E-state index contributed by atoms with van der Waals surface area (Å²) in [4.78, 5) is 10.4. The average Bonchev–Trinajstić information content (AvgIpc) is 1.97. The van der Waals surface area contributed by atoms with Gasteiger partial charge < -0.3 is 4.79 Å². The zero-order chi connectivity index (χ0) is 9.03. The number of hydrogen-bond acceptors (Lipinski definition) is 1. The minimum atomic E-state index is -2.48. The van der Waals surface area contributed by atoms with Gasteiger partial charge in [0.25, 0.3) is 0 Å². The Hall–Kier alpha value is -0.470. The Balaban J connectivity index is 2.39. The van der Waals surface area contributed by atoms with E-state index >= 15 is 0 Å². The monoisotopic (exact) mass is 176 g/mol. The first-order chi connectivity index (χ1) is 5.64. The van der Waals surface area contributed by atoms with Crippen LogP contribution in [-0.2, 0) is 4.79 Å². The van der Waals surface area contributed by atoms with E-state index in [0.29, 0.717) is 25.7 Å². The molecule has 0 saturated heterocycles. The molecule has 0 aromatic rings. The molecule has 0 heterocycles. The third-order valence-corrected chi connectivity index (χ3v) is 2.43. The van der Waals surface area contributed by atoms with E-state index in [9.17, 15) is 13.6 Å². The van der Waals surface area contributed by atoms with Gasteiger partial charge in [-0.05, 0) is 25.7 Å². The largest absolute Gasteiger partial charge is 0.303 e. The highest BCUT2D eigenvalue weighted by molar-refractivity contribution is 5.53. The fourth-order valence-electron chi connectivity index (χ4n) is 1.65. The summed E-state index contributed by atoms with van der Waals surface area (Å²) >= 11 is 0. The SMILES string of the molecule is O=CC1CCCC(F)(F)CCC1. The molecule has 0 spiro atoms. The van der Waals surface area contributed by atoms with Crippen molar-refractivity contribution in [3.63, 3.8) is 0 Å². The van der Waals surface area contributed by atoms with Crippen LogP contribution in [0.5, 0.6) is 0 Å².